The van der Waals surface area contributed by atoms with Crippen molar-refractivity contribution < 1.29 is 28.8 Å². The van der Waals surface area contributed by atoms with Gasteiger partial charge in [-0.25, -0.2) is 4.39 Å². The van der Waals surface area contributed by atoms with Crippen molar-refractivity contribution in [3.8, 4) is 11.5 Å². The molecule has 0 saturated carbocycles. The van der Waals surface area contributed by atoms with Crippen molar-refractivity contribution in [3.05, 3.63) is 94.8 Å². The molecule has 5 nitrogen and oxygen atoms in total. The summed E-state index contributed by atoms with van der Waals surface area (Å²) in [6.07, 6.45) is 0.808. The first kappa shape index (κ1) is 22.8. The summed E-state index contributed by atoms with van der Waals surface area (Å²) in [7, 11) is 0. The zero-order valence-electron chi connectivity index (χ0n) is 18.9. The lowest BCUT2D eigenvalue weighted by Crippen LogP contribution is -2.33. The first-order valence-corrected chi connectivity index (χ1v) is 11.8. The number of hydrogen-bond donors (Lipinski definition) is 2. The molecular weight excluding hydrogens is 435 g/mol. The molecular formula is C28H29FO5. The molecule has 3 aromatic rings. The Morgan fingerprint density at radius 3 is 2.59 bits per heavy atom. The van der Waals surface area contributed by atoms with Gasteiger partial charge in [0.05, 0.1) is 24.9 Å². The Bertz CT molecular complexity index is 1090. The van der Waals surface area contributed by atoms with E-state index in [9.17, 15) is 14.6 Å². The van der Waals surface area contributed by atoms with Crippen LogP contribution in [0.3, 0.4) is 0 Å². The van der Waals surface area contributed by atoms with Crippen LogP contribution in [0, 0.1) is 5.82 Å². The molecule has 2 heterocycles. The third-order valence-electron chi connectivity index (χ3n) is 6.49. The van der Waals surface area contributed by atoms with E-state index in [0.717, 1.165) is 29.0 Å². The van der Waals surface area contributed by atoms with Gasteiger partial charge in [-0.2, -0.15) is 0 Å². The SMILES string of the molecule is OCC1CC(O)CC(c2ccc(F)c(Cc3ccc(OCC4Cc5ccccc5O4)cc3)c2)O1. The van der Waals surface area contributed by atoms with Gasteiger partial charge in [0.15, 0.2) is 0 Å². The lowest BCUT2D eigenvalue weighted by atomic mass is 9.94. The lowest BCUT2D eigenvalue weighted by Gasteiger charge is -2.32. The van der Waals surface area contributed by atoms with Crippen LogP contribution in [-0.2, 0) is 17.6 Å². The molecule has 2 aliphatic rings. The quantitative estimate of drug-likeness (QED) is 0.544. The van der Waals surface area contributed by atoms with E-state index in [2.05, 4.69) is 6.07 Å². The number of rotatable bonds is 7. The van der Waals surface area contributed by atoms with Crippen molar-refractivity contribution in [1.82, 2.24) is 0 Å². The predicted molar refractivity (Wildman–Crippen MR) is 126 cm³/mol. The highest BCUT2D eigenvalue weighted by atomic mass is 19.1. The molecule has 0 aliphatic carbocycles. The van der Waals surface area contributed by atoms with Crippen LogP contribution in [0.2, 0.25) is 0 Å². The van der Waals surface area contributed by atoms with Crippen LogP contribution in [0.25, 0.3) is 0 Å². The molecule has 0 amide bonds. The second kappa shape index (κ2) is 10.1. The van der Waals surface area contributed by atoms with Gasteiger partial charge in [-0.05, 0) is 52.6 Å². The third-order valence-corrected chi connectivity index (χ3v) is 6.49. The molecule has 0 aromatic heterocycles. The van der Waals surface area contributed by atoms with Crippen LogP contribution < -0.4 is 9.47 Å². The maximum atomic E-state index is 14.6. The molecule has 6 heteroatoms. The molecule has 0 bridgehead atoms. The highest BCUT2D eigenvalue weighted by molar-refractivity contribution is 5.38. The molecule has 178 valence electrons. The summed E-state index contributed by atoms with van der Waals surface area (Å²) in [4.78, 5) is 0. The highest BCUT2D eigenvalue weighted by Gasteiger charge is 2.29. The minimum Gasteiger partial charge on any atom is -0.490 e. The van der Waals surface area contributed by atoms with Gasteiger partial charge >= 0.3 is 0 Å². The van der Waals surface area contributed by atoms with E-state index in [1.165, 1.54) is 11.6 Å². The van der Waals surface area contributed by atoms with Crippen molar-refractivity contribution in [1.29, 1.82) is 0 Å². The van der Waals surface area contributed by atoms with Gasteiger partial charge in [0, 0.05) is 25.7 Å². The average Bonchev–Trinajstić information content (AvgIpc) is 3.27. The van der Waals surface area contributed by atoms with Crippen LogP contribution in [0.1, 0.15) is 41.2 Å². The second-order valence-electron chi connectivity index (χ2n) is 9.09. The van der Waals surface area contributed by atoms with E-state index in [-0.39, 0.29) is 24.6 Å². The summed E-state index contributed by atoms with van der Waals surface area (Å²) in [5, 5.41) is 19.5. The summed E-state index contributed by atoms with van der Waals surface area (Å²) in [6.45, 7) is 0.322. The number of aliphatic hydroxyl groups is 2. The third kappa shape index (κ3) is 5.25. The summed E-state index contributed by atoms with van der Waals surface area (Å²) in [6, 6.07) is 20.6. The number of benzene rings is 3. The number of halogens is 1. The van der Waals surface area contributed by atoms with Gasteiger partial charge in [0.25, 0.3) is 0 Å². The molecule has 1 saturated heterocycles. The molecule has 34 heavy (non-hydrogen) atoms. The van der Waals surface area contributed by atoms with Crippen LogP contribution in [-0.4, -0.2) is 41.7 Å². The van der Waals surface area contributed by atoms with Crippen LogP contribution in [0.15, 0.2) is 66.7 Å². The van der Waals surface area contributed by atoms with E-state index in [1.54, 1.807) is 12.1 Å². The van der Waals surface area contributed by atoms with Gasteiger partial charge in [0.2, 0.25) is 0 Å². The van der Waals surface area contributed by atoms with Crippen molar-refractivity contribution in [2.75, 3.05) is 13.2 Å². The smallest absolute Gasteiger partial charge is 0.137 e. The molecule has 2 aliphatic heterocycles. The topological polar surface area (TPSA) is 68.2 Å². The Kier molecular flexibility index (Phi) is 6.81. The average molecular weight is 465 g/mol. The number of fused-ring (bicyclic) bond motifs is 1. The fraction of sp³-hybridized carbons (Fsp3) is 0.357. The molecule has 3 aromatic carbocycles. The maximum absolute atomic E-state index is 14.6. The standard InChI is InChI=1S/C28H29FO5/c29-26-10-7-20(28-15-22(31)14-24(16-30)33-28)12-21(26)11-18-5-8-23(9-6-18)32-17-25-13-19-3-1-2-4-27(19)34-25/h1-10,12,22,24-25,28,30-31H,11,13-17H2. The number of ether oxygens (including phenoxy) is 3. The summed E-state index contributed by atoms with van der Waals surface area (Å²) in [5.41, 5.74) is 3.54. The van der Waals surface area contributed by atoms with E-state index in [0.29, 0.717) is 31.4 Å². The Balaban J connectivity index is 1.20. The van der Waals surface area contributed by atoms with Gasteiger partial charge in [-0.3, -0.25) is 0 Å². The Hall–Kier alpha value is -2.93. The van der Waals surface area contributed by atoms with Gasteiger partial charge in [-0.15, -0.1) is 0 Å². The molecule has 5 rings (SSSR count). The van der Waals surface area contributed by atoms with Crippen LogP contribution in [0.4, 0.5) is 4.39 Å². The number of aliphatic hydroxyl groups excluding tert-OH is 2. The highest BCUT2D eigenvalue weighted by Crippen LogP contribution is 2.33. The Morgan fingerprint density at radius 1 is 0.971 bits per heavy atom. The van der Waals surface area contributed by atoms with Crippen LogP contribution >= 0.6 is 0 Å². The normalized spacial score (nSPS) is 23.9. The van der Waals surface area contributed by atoms with Crippen LogP contribution in [0.5, 0.6) is 11.5 Å². The molecule has 0 spiro atoms. The number of hydrogen-bond acceptors (Lipinski definition) is 5. The molecule has 4 unspecified atom stereocenters. The molecule has 4 atom stereocenters. The molecule has 1 fully saturated rings. The van der Waals surface area contributed by atoms with Crippen molar-refractivity contribution in [2.45, 2.75) is 50.1 Å². The van der Waals surface area contributed by atoms with Crippen molar-refractivity contribution >= 4 is 0 Å². The monoisotopic (exact) mass is 464 g/mol. The minimum absolute atomic E-state index is 0.000123. The fourth-order valence-electron chi connectivity index (χ4n) is 4.71. The number of para-hydroxylation sites is 1. The zero-order valence-corrected chi connectivity index (χ0v) is 18.9. The van der Waals surface area contributed by atoms with Gasteiger partial charge in [0.1, 0.15) is 30.0 Å². The van der Waals surface area contributed by atoms with Gasteiger partial charge in [-0.1, -0.05) is 36.4 Å². The summed E-state index contributed by atoms with van der Waals surface area (Å²) < 4.78 is 32.3. The fourth-order valence-corrected chi connectivity index (χ4v) is 4.71. The largest absolute Gasteiger partial charge is 0.490 e. The van der Waals surface area contributed by atoms with Crippen molar-refractivity contribution in [3.63, 3.8) is 0 Å². The van der Waals surface area contributed by atoms with E-state index >= 15 is 0 Å². The van der Waals surface area contributed by atoms with E-state index in [1.807, 2.05) is 42.5 Å². The first-order valence-electron chi connectivity index (χ1n) is 11.8. The predicted octanol–water partition coefficient (Wildman–Crippen LogP) is 4.37. The minimum atomic E-state index is -0.541. The Labute approximate surface area is 198 Å². The van der Waals surface area contributed by atoms with Gasteiger partial charge < -0.3 is 24.4 Å². The zero-order chi connectivity index (χ0) is 23.5. The molecule has 2 N–H and O–H groups in total. The van der Waals surface area contributed by atoms with E-state index < -0.39 is 12.2 Å². The lowest BCUT2D eigenvalue weighted by molar-refractivity contribution is -0.113. The summed E-state index contributed by atoms with van der Waals surface area (Å²) in [5.74, 6) is 1.39. The maximum Gasteiger partial charge on any atom is 0.137 e. The molecule has 0 radical (unpaired) electrons. The Morgan fingerprint density at radius 2 is 1.79 bits per heavy atom. The van der Waals surface area contributed by atoms with E-state index in [4.69, 9.17) is 14.2 Å². The second-order valence-corrected chi connectivity index (χ2v) is 9.09. The van der Waals surface area contributed by atoms with Crippen molar-refractivity contribution in [2.24, 2.45) is 0 Å². The summed E-state index contributed by atoms with van der Waals surface area (Å²) >= 11 is 0. The first-order chi connectivity index (χ1) is 16.6.